The topological polar surface area (TPSA) is 30.5 Å². The van der Waals surface area contributed by atoms with Gasteiger partial charge in [0.2, 0.25) is 0 Å². The Bertz CT molecular complexity index is 468. The molecule has 1 aromatic rings. The summed E-state index contributed by atoms with van der Waals surface area (Å²) < 4.78 is 11.3. The van der Waals surface area contributed by atoms with E-state index in [0.717, 1.165) is 25.3 Å². The number of hydrogen-bond donors (Lipinski definition) is 1. The first kappa shape index (κ1) is 14.9. The van der Waals surface area contributed by atoms with E-state index >= 15 is 0 Å². The predicted octanol–water partition coefficient (Wildman–Crippen LogP) is 3.52. The van der Waals surface area contributed by atoms with E-state index in [2.05, 4.69) is 30.4 Å². The van der Waals surface area contributed by atoms with Crippen LogP contribution in [0.2, 0.25) is 0 Å². The summed E-state index contributed by atoms with van der Waals surface area (Å²) in [5.41, 5.74) is 1.71. The highest BCUT2D eigenvalue weighted by atomic mass is 16.5. The van der Waals surface area contributed by atoms with Crippen molar-refractivity contribution in [2.24, 2.45) is 5.41 Å². The monoisotopic (exact) mass is 289 g/mol. The smallest absolute Gasteiger partial charge is 0.119 e. The Hall–Kier alpha value is -1.06. The maximum atomic E-state index is 5.97. The minimum absolute atomic E-state index is 0.412. The zero-order valence-electron chi connectivity index (χ0n) is 13.2. The fourth-order valence-electron chi connectivity index (χ4n) is 4.20. The molecule has 1 N–H and O–H groups in total. The summed E-state index contributed by atoms with van der Waals surface area (Å²) in [4.78, 5) is 0. The molecule has 3 rings (SSSR count). The van der Waals surface area contributed by atoms with Crippen molar-refractivity contribution in [3.8, 4) is 5.75 Å². The van der Waals surface area contributed by atoms with Crippen LogP contribution in [0, 0.1) is 5.41 Å². The lowest BCUT2D eigenvalue weighted by Crippen LogP contribution is -2.62. The quantitative estimate of drug-likeness (QED) is 0.869. The highest BCUT2D eigenvalue weighted by molar-refractivity contribution is 5.28. The van der Waals surface area contributed by atoms with Gasteiger partial charge in [-0.05, 0) is 43.9 Å². The van der Waals surface area contributed by atoms with Crippen molar-refractivity contribution >= 4 is 0 Å². The molecule has 3 heteroatoms. The molecule has 2 fully saturated rings. The van der Waals surface area contributed by atoms with Gasteiger partial charge < -0.3 is 14.8 Å². The normalized spacial score (nSPS) is 26.8. The van der Waals surface area contributed by atoms with Gasteiger partial charge in [0.25, 0.3) is 0 Å². The van der Waals surface area contributed by atoms with E-state index in [1.807, 2.05) is 6.07 Å². The van der Waals surface area contributed by atoms with Crippen molar-refractivity contribution in [2.75, 3.05) is 13.7 Å². The van der Waals surface area contributed by atoms with Crippen LogP contribution in [0.25, 0.3) is 0 Å². The van der Waals surface area contributed by atoms with E-state index in [1.54, 1.807) is 7.11 Å². The number of hydrogen-bond acceptors (Lipinski definition) is 3. The fraction of sp³-hybridized carbons (Fsp3) is 0.667. The summed E-state index contributed by atoms with van der Waals surface area (Å²) in [6.45, 7) is 3.87. The number of methoxy groups -OCH3 is 1. The van der Waals surface area contributed by atoms with Crippen LogP contribution < -0.4 is 10.1 Å². The molecule has 0 radical (unpaired) electrons. The second kappa shape index (κ2) is 6.37. The zero-order chi connectivity index (χ0) is 14.7. The second-order valence-corrected chi connectivity index (χ2v) is 6.40. The van der Waals surface area contributed by atoms with Gasteiger partial charge in [-0.25, -0.2) is 0 Å². The maximum Gasteiger partial charge on any atom is 0.119 e. The third-order valence-electron chi connectivity index (χ3n) is 5.37. The molecule has 0 heterocycles. The van der Waals surface area contributed by atoms with Crippen LogP contribution in [0.4, 0.5) is 0 Å². The van der Waals surface area contributed by atoms with E-state index in [-0.39, 0.29) is 0 Å². The molecular weight excluding hydrogens is 262 g/mol. The minimum atomic E-state index is 0.412. The molecule has 2 aliphatic rings. The first-order valence-electron chi connectivity index (χ1n) is 8.26. The molecule has 2 saturated carbocycles. The van der Waals surface area contributed by atoms with Crippen molar-refractivity contribution in [1.29, 1.82) is 0 Å². The van der Waals surface area contributed by atoms with E-state index in [0.29, 0.717) is 17.6 Å². The lowest BCUT2D eigenvalue weighted by molar-refractivity contribution is -0.130. The molecule has 2 aliphatic carbocycles. The third kappa shape index (κ3) is 2.82. The molecule has 1 spiro atoms. The molecule has 0 unspecified atom stereocenters. The number of nitrogens with one attached hydrogen (secondary N) is 1. The van der Waals surface area contributed by atoms with Crippen LogP contribution in [0.5, 0.6) is 5.75 Å². The molecule has 2 atom stereocenters. The van der Waals surface area contributed by atoms with Gasteiger partial charge in [-0.2, -0.15) is 0 Å². The standard InChI is InChI=1S/C18H27NO2/c1-3-21-17-12-16(18(17)9-4-5-10-18)19-13-14-7-6-8-15(11-14)20-2/h6-8,11,16-17,19H,3-5,9-10,12-13H2,1-2H3/t16-,17-/m0/s1. The fourth-order valence-corrected chi connectivity index (χ4v) is 4.20. The highest BCUT2D eigenvalue weighted by Crippen LogP contribution is 2.54. The van der Waals surface area contributed by atoms with Crippen molar-refractivity contribution in [3.63, 3.8) is 0 Å². The summed E-state index contributed by atoms with van der Waals surface area (Å²) in [5, 5.41) is 3.77. The van der Waals surface area contributed by atoms with Gasteiger partial charge >= 0.3 is 0 Å². The summed E-state index contributed by atoms with van der Waals surface area (Å²) in [5.74, 6) is 0.936. The van der Waals surface area contributed by atoms with Crippen LogP contribution in [0.3, 0.4) is 0 Å². The molecule has 3 nitrogen and oxygen atoms in total. The zero-order valence-corrected chi connectivity index (χ0v) is 13.2. The molecule has 0 aliphatic heterocycles. The maximum absolute atomic E-state index is 5.97. The lowest BCUT2D eigenvalue weighted by atomic mass is 9.60. The van der Waals surface area contributed by atoms with Crippen molar-refractivity contribution < 1.29 is 9.47 Å². The highest BCUT2D eigenvalue weighted by Gasteiger charge is 2.56. The summed E-state index contributed by atoms with van der Waals surface area (Å²) in [6, 6.07) is 8.95. The Kier molecular flexibility index (Phi) is 4.51. The molecule has 0 bridgehead atoms. The van der Waals surface area contributed by atoms with Gasteiger partial charge in [-0.1, -0.05) is 25.0 Å². The summed E-state index contributed by atoms with van der Waals surface area (Å²) in [6.07, 6.45) is 7.02. The van der Waals surface area contributed by atoms with Gasteiger partial charge in [0.05, 0.1) is 13.2 Å². The van der Waals surface area contributed by atoms with Crippen LogP contribution in [-0.2, 0) is 11.3 Å². The van der Waals surface area contributed by atoms with E-state index in [4.69, 9.17) is 9.47 Å². The molecule has 0 amide bonds. The van der Waals surface area contributed by atoms with Gasteiger partial charge in [-0.3, -0.25) is 0 Å². The summed E-state index contributed by atoms with van der Waals surface area (Å²) in [7, 11) is 1.72. The molecule has 21 heavy (non-hydrogen) atoms. The predicted molar refractivity (Wildman–Crippen MR) is 84.6 cm³/mol. The average Bonchev–Trinajstić information content (AvgIpc) is 3.03. The Morgan fingerprint density at radius 2 is 2.10 bits per heavy atom. The largest absolute Gasteiger partial charge is 0.497 e. The molecular formula is C18H27NO2. The first-order chi connectivity index (χ1) is 10.3. The van der Waals surface area contributed by atoms with Crippen LogP contribution >= 0.6 is 0 Å². The molecule has 116 valence electrons. The molecule has 1 aromatic carbocycles. The van der Waals surface area contributed by atoms with Gasteiger partial charge in [0.1, 0.15) is 5.75 Å². The van der Waals surface area contributed by atoms with E-state index in [1.165, 1.54) is 31.2 Å². The van der Waals surface area contributed by atoms with Crippen LogP contribution in [0.15, 0.2) is 24.3 Å². The Morgan fingerprint density at radius 3 is 2.81 bits per heavy atom. The minimum Gasteiger partial charge on any atom is -0.497 e. The number of ether oxygens (including phenoxy) is 2. The van der Waals surface area contributed by atoms with E-state index in [9.17, 15) is 0 Å². The van der Waals surface area contributed by atoms with Crippen LogP contribution in [0.1, 0.15) is 44.6 Å². The Morgan fingerprint density at radius 1 is 1.29 bits per heavy atom. The number of benzene rings is 1. The number of rotatable bonds is 6. The van der Waals surface area contributed by atoms with Crippen molar-refractivity contribution in [1.82, 2.24) is 5.32 Å². The second-order valence-electron chi connectivity index (χ2n) is 6.40. The molecule has 0 saturated heterocycles. The Balaban J connectivity index is 1.60. The first-order valence-corrected chi connectivity index (χ1v) is 8.26. The summed E-state index contributed by atoms with van der Waals surface area (Å²) >= 11 is 0. The van der Waals surface area contributed by atoms with Crippen molar-refractivity contribution in [2.45, 2.75) is 57.7 Å². The average molecular weight is 289 g/mol. The van der Waals surface area contributed by atoms with Gasteiger partial charge in [0, 0.05) is 24.6 Å². The van der Waals surface area contributed by atoms with Crippen molar-refractivity contribution in [3.05, 3.63) is 29.8 Å². The van der Waals surface area contributed by atoms with Crippen LogP contribution in [-0.4, -0.2) is 25.9 Å². The SMILES string of the molecule is CCO[C@H]1C[C@H](NCc2cccc(OC)c2)C12CCCC2. The van der Waals surface area contributed by atoms with E-state index < -0.39 is 0 Å². The molecule has 0 aromatic heterocycles. The third-order valence-corrected chi connectivity index (χ3v) is 5.37. The lowest BCUT2D eigenvalue weighted by Gasteiger charge is -2.54. The van der Waals surface area contributed by atoms with Gasteiger partial charge in [-0.15, -0.1) is 0 Å². The van der Waals surface area contributed by atoms with Gasteiger partial charge in [0.15, 0.2) is 0 Å². The Labute approximate surface area is 128 Å².